The van der Waals surface area contributed by atoms with Gasteiger partial charge in [-0.15, -0.1) is 0 Å². The topological polar surface area (TPSA) is 64.6 Å². The molecule has 1 aromatic carbocycles. The number of esters is 1. The Bertz CT molecular complexity index is 545. The zero-order valence-electron chi connectivity index (χ0n) is 17.7. The minimum absolute atomic E-state index is 0.239. The summed E-state index contributed by atoms with van der Waals surface area (Å²) in [7, 11) is 0. The van der Waals surface area contributed by atoms with Crippen molar-refractivity contribution in [2.24, 2.45) is 5.92 Å². The molecule has 1 unspecified atom stereocenters. The summed E-state index contributed by atoms with van der Waals surface area (Å²) < 4.78 is 10.6. The summed E-state index contributed by atoms with van der Waals surface area (Å²) in [5.74, 6) is -0.168. The second kappa shape index (κ2) is 14.9. The van der Waals surface area contributed by atoms with Crippen LogP contribution in [0.3, 0.4) is 0 Å². The van der Waals surface area contributed by atoms with Crippen molar-refractivity contribution in [1.29, 1.82) is 0 Å². The lowest BCUT2D eigenvalue weighted by Gasteiger charge is -2.18. The van der Waals surface area contributed by atoms with Gasteiger partial charge in [0.25, 0.3) is 0 Å². The molecule has 0 bridgehead atoms. The number of ether oxygens (including phenoxy) is 2. The van der Waals surface area contributed by atoms with E-state index in [0.717, 1.165) is 18.4 Å². The van der Waals surface area contributed by atoms with E-state index in [1.165, 1.54) is 32.1 Å². The summed E-state index contributed by atoms with van der Waals surface area (Å²) >= 11 is 0. The standard InChI is InChI=1S/C23H37NO4/c1-4-5-6-7-8-9-13-16-27-22(25)21(17-20-14-11-10-12-15-20)24-23(26)28-18-19(2)3/h10-12,14-15,19,21H,4-9,13,16-18H2,1-3H3,(H,24,26). The first-order valence-electron chi connectivity index (χ1n) is 10.7. The van der Waals surface area contributed by atoms with Gasteiger partial charge in [-0.05, 0) is 17.9 Å². The maximum Gasteiger partial charge on any atom is 0.407 e. The van der Waals surface area contributed by atoms with E-state index in [0.29, 0.717) is 19.6 Å². The lowest BCUT2D eigenvalue weighted by Crippen LogP contribution is -2.44. The van der Waals surface area contributed by atoms with Crippen molar-refractivity contribution >= 4 is 12.1 Å². The molecular formula is C23H37NO4. The van der Waals surface area contributed by atoms with E-state index in [-0.39, 0.29) is 5.92 Å². The Kier molecular flexibility index (Phi) is 12.8. The zero-order chi connectivity index (χ0) is 20.6. The molecule has 1 N–H and O–H groups in total. The summed E-state index contributed by atoms with van der Waals surface area (Å²) in [5.41, 5.74) is 0.963. The van der Waals surface area contributed by atoms with Gasteiger partial charge < -0.3 is 14.8 Å². The summed E-state index contributed by atoms with van der Waals surface area (Å²) in [6.07, 6.45) is 7.93. The smallest absolute Gasteiger partial charge is 0.407 e. The number of rotatable bonds is 14. The van der Waals surface area contributed by atoms with Gasteiger partial charge in [-0.1, -0.05) is 89.6 Å². The Balaban J connectivity index is 2.44. The predicted molar refractivity (Wildman–Crippen MR) is 112 cm³/mol. The van der Waals surface area contributed by atoms with E-state index in [2.05, 4.69) is 12.2 Å². The SMILES string of the molecule is CCCCCCCCCOC(=O)C(Cc1ccccc1)NC(=O)OCC(C)C. The van der Waals surface area contributed by atoms with Crippen molar-refractivity contribution in [3.63, 3.8) is 0 Å². The fourth-order valence-electron chi connectivity index (χ4n) is 2.80. The summed E-state index contributed by atoms with van der Waals surface area (Å²) in [6, 6.07) is 8.85. The molecule has 5 nitrogen and oxygen atoms in total. The molecule has 5 heteroatoms. The lowest BCUT2D eigenvalue weighted by molar-refractivity contribution is -0.146. The number of unbranched alkanes of at least 4 members (excludes halogenated alkanes) is 6. The van der Waals surface area contributed by atoms with Crippen LogP contribution < -0.4 is 5.32 Å². The van der Waals surface area contributed by atoms with Crippen molar-refractivity contribution in [2.75, 3.05) is 13.2 Å². The molecule has 0 fully saturated rings. The number of hydrogen-bond donors (Lipinski definition) is 1. The van der Waals surface area contributed by atoms with E-state index >= 15 is 0 Å². The normalized spacial score (nSPS) is 11.9. The van der Waals surface area contributed by atoms with Gasteiger partial charge in [0.2, 0.25) is 0 Å². The fourth-order valence-corrected chi connectivity index (χ4v) is 2.80. The van der Waals surface area contributed by atoms with Gasteiger partial charge in [0.05, 0.1) is 13.2 Å². The van der Waals surface area contributed by atoms with Crippen molar-refractivity contribution in [2.45, 2.75) is 78.2 Å². The highest BCUT2D eigenvalue weighted by atomic mass is 16.6. The third-order valence-electron chi connectivity index (χ3n) is 4.40. The Morgan fingerprint density at radius 2 is 1.57 bits per heavy atom. The van der Waals surface area contributed by atoms with Crippen LogP contribution in [0.2, 0.25) is 0 Å². The van der Waals surface area contributed by atoms with Crippen LogP contribution in [0.1, 0.15) is 71.3 Å². The van der Waals surface area contributed by atoms with E-state index in [1.54, 1.807) is 0 Å². The van der Waals surface area contributed by atoms with Gasteiger partial charge in [0.1, 0.15) is 6.04 Å². The minimum Gasteiger partial charge on any atom is -0.464 e. The average molecular weight is 392 g/mol. The second-order valence-corrected chi connectivity index (χ2v) is 7.67. The van der Waals surface area contributed by atoms with E-state index in [1.807, 2.05) is 44.2 Å². The molecule has 1 amide bonds. The highest BCUT2D eigenvalue weighted by molar-refractivity contribution is 5.81. The molecule has 0 aliphatic carbocycles. The van der Waals surface area contributed by atoms with Crippen LogP contribution in [0.15, 0.2) is 30.3 Å². The highest BCUT2D eigenvalue weighted by Gasteiger charge is 2.23. The molecule has 0 aliphatic rings. The van der Waals surface area contributed by atoms with Gasteiger partial charge in [0, 0.05) is 6.42 Å². The Hall–Kier alpha value is -2.04. The molecule has 0 heterocycles. The maximum atomic E-state index is 12.5. The average Bonchev–Trinajstić information content (AvgIpc) is 2.68. The maximum absolute atomic E-state index is 12.5. The number of hydrogen-bond acceptors (Lipinski definition) is 4. The van der Waals surface area contributed by atoms with Crippen LogP contribution in [0, 0.1) is 5.92 Å². The van der Waals surface area contributed by atoms with Crippen LogP contribution in [-0.4, -0.2) is 31.3 Å². The second-order valence-electron chi connectivity index (χ2n) is 7.67. The summed E-state index contributed by atoms with van der Waals surface area (Å²) in [5, 5.41) is 2.66. The Morgan fingerprint density at radius 3 is 2.21 bits per heavy atom. The van der Waals surface area contributed by atoms with Crippen molar-refractivity contribution in [1.82, 2.24) is 5.32 Å². The largest absolute Gasteiger partial charge is 0.464 e. The van der Waals surface area contributed by atoms with Crippen molar-refractivity contribution in [3.8, 4) is 0 Å². The van der Waals surface area contributed by atoms with Crippen LogP contribution in [-0.2, 0) is 20.7 Å². The van der Waals surface area contributed by atoms with Crippen LogP contribution in [0.25, 0.3) is 0 Å². The van der Waals surface area contributed by atoms with Gasteiger partial charge in [-0.25, -0.2) is 9.59 Å². The number of benzene rings is 1. The zero-order valence-corrected chi connectivity index (χ0v) is 17.7. The van der Waals surface area contributed by atoms with Gasteiger partial charge >= 0.3 is 12.1 Å². The first-order chi connectivity index (χ1) is 13.5. The van der Waals surface area contributed by atoms with Crippen LogP contribution in [0.4, 0.5) is 4.79 Å². The molecule has 0 aliphatic heterocycles. The first kappa shape index (κ1) is 24.0. The molecular weight excluding hydrogens is 354 g/mol. The quantitative estimate of drug-likeness (QED) is 0.346. The fraction of sp³-hybridized carbons (Fsp3) is 0.652. The molecule has 158 valence electrons. The minimum atomic E-state index is -0.744. The third kappa shape index (κ3) is 11.6. The molecule has 0 spiro atoms. The molecule has 0 radical (unpaired) electrons. The molecule has 0 saturated carbocycles. The number of carbonyl (C=O) groups is 2. The van der Waals surface area contributed by atoms with E-state index in [9.17, 15) is 9.59 Å². The molecule has 0 saturated heterocycles. The molecule has 1 atom stereocenters. The van der Waals surface area contributed by atoms with Crippen molar-refractivity contribution < 1.29 is 19.1 Å². The van der Waals surface area contributed by atoms with Crippen LogP contribution >= 0.6 is 0 Å². The lowest BCUT2D eigenvalue weighted by atomic mass is 10.1. The van der Waals surface area contributed by atoms with E-state index in [4.69, 9.17) is 9.47 Å². The highest BCUT2D eigenvalue weighted by Crippen LogP contribution is 2.09. The Morgan fingerprint density at radius 1 is 0.929 bits per heavy atom. The number of alkyl carbamates (subject to hydrolysis) is 1. The van der Waals surface area contributed by atoms with Crippen LogP contribution in [0.5, 0.6) is 0 Å². The molecule has 0 aromatic heterocycles. The summed E-state index contributed by atoms with van der Waals surface area (Å²) in [6.45, 7) is 6.84. The number of nitrogens with one attached hydrogen (secondary N) is 1. The van der Waals surface area contributed by atoms with Crippen molar-refractivity contribution in [3.05, 3.63) is 35.9 Å². The number of amides is 1. The van der Waals surface area contributed by atoms with Gasteiger partial charge in [0.15, 0.2) is 0 Å². The molecule has 1 rings (SSSR count). The van der Waals surface area contributed by atoms with E-state index < -0.39 is 18.1 Å². The van der Waals surface area contributed by atoms with Gasteiger partial charge in [-0.2, -0.15) is 0 Å². The number of carbonyl (C=O) groups excluding carboxylic acids is 2. The molecule has 1 aromatic rings. The summed E-state index contributed by atoms with van der Waals surface area (Å²) in [4.78, 5) is 24.5. The van der Waals surface area contributed by atoms with Gasteiger partial charge in [-0.3, -0.25) is 0 Å². The Labute approximate surface area is 170 Å². The first-order valence-corrected chi connectivity index (χ1v) is 10.7. The molecule has 28 heavy (non-hydrogen) atoms. The monoisotopic (exact) mass is 391 g/mol. The predicted octanol–water partition coefficient (Wildman–Crippen LogP) is 5.27. The third-order valence-corrected chi connectivity index (χ3v) is 4.40.